The Balaban J connectivity index is 2.23. The fraction of sp³-hybridized carbons (Fsp3) is 0.133. The lowest BCUT2D eigenvalue weighted by atomic mass is 10.2. The molecule has 0 radical (unpaired) electrons. The van der Waals surface area contributed by atoms with Gasteiger partial charge in [0.1, 0.15) is 5.75 Å². The number of amides is 1. The van der Waals surface area contributed by atoms with Crippen LogP contribution in [0.2, 0.25) is 5.02 Å². The van der Waals surface area contributed by atoms with E-state index in [4.69, 9.17) is 22.1 Å². The van der Waals surface area contributed by atoms with Gasteiger partial charge in [0.25, 0.3) is 5.91 Å². The molecule has 5 heteroatoms. The number of benzene rings is 2. The van der Waals surface area contributed by atoms with Crippen LogP contribution < -0.4 is 15.8 Å². The Morgan fingerprint density at radius 2 is 2.05 bits per heavy atom. The van der Waals surface area contributed by atoms with Crippen molar-refractivity contribution in [3.8, 4) is 5.75 Å². The lowest BCUT2D eigenvalue weighted by Crippen LogP contribution is -2.13. The lowest BCUT2D eigenvalue weighted by molar-refractivity contribution is 0.102. The average molecular weight is 291 g/mol. The van der Waals surface area contributed by atoms with Crippen LogP contribution in [0.5, 0.6) is 5.75 Å². The number of anilines is 2. The summed E-state index contributed by atoms with van der Waals surface area (Å²) in [6.45, 7) is 2.41. The van der Waals surface area contributed by atoms with Crippen LogP contribution in [0.3, 0.4) is 0 Å². The van der Waals surface area contributed by atoms with Gasteiger partial charge in [-0.05, 0) is 37.3 Å². The van der Waals surface area contributed by atoms with Gasteiger partial charge in [-0.1, -0.05) is 23.7 Å². The van der Waals surface area contributed by atoms with Crippen molar-refractivity contribution in [3.63, 3.8) is 0 Å². The minimum absolute atomic E-state index is 0.304. The molecule has 0 bridgehead atoms. The maximum Gasteiger partial charge on any atom is 0.257 e. The van der Waals surface area contributed by atoms with E-state index in [1.54, 1.807) is 30.3 Å². The number of nitrogen functional groups attached to an aromatic ring is 1. The number of hydrogen-bond donors (Lipinski definition) is 2. The minimum atomic E-state index is -0.304. The topological polar surface area (TPSA) is 64.3 Å². The first-order chi connectivity index (χ1) is 9.61. The largest absolute Gasteiger partial charge is 0.492 e. The van der Waals surface area contributed by atoms with Gasteiger partial charge in [-0.15, -0.1) is 0 Å². The van der Waals surface area contributed by atoms with Crippen LogP contribution in [0.15, 0.2) is 42.5 Å². The maximum absolute atomic E-state index is 12.2. The summed E-state index contributed by atoms with van der Waals surface area (Å²) in [6.07, 6.45) is 0. The summed E-state index contributed by atoms with van der Waals surface area (Å²) in [5.41, 5.74) is 7.09. The predicted molar refractivity (Wildman–Crippen MR) is 81.4 cm³/mol. The van der Waals surface area contributed by atoms with Gasteiger partial charge in [0.05, 0.1) is 22.9 Å². The summed E-state index contributed by atoms with van der Waals surface area (Å²) >= 11 is 6.02. The predicted octanol–water partition coefficient (Wildman–Crippen LogP) is 3.57. The molecule has 0 aliphatic heterocycles. The van der Waals surface area contributed by atoms with Crippen LogP contribution in [-0.4, -0.2) is 12.5 Å². The van der Waals surface area contributed by atoms with E-state index in [0.717, 1.165) is 0 Å². The van der Waals surface area contributed by atoms with E-state index < -0.39 is 0 Å². The van der Waals surface area contributed by atoms with Gasteiger partial charge in [-0.25, -0.2) is 0 Å². The third-order valence-corrected chi connectivity index (χ3v) is 2.99. The normalized spacial score (nSPS) is 10.1. The molecule has 0 unspecified atom stereocenters. The second kappa shape index (κ2) is 6.30. The molecule has 2 aromatic carbocycles. The van der Waals surface area contributed by atoms with E-state index in [1.807, 2.05) is 19.1 Å². The van der Waals surface area contributed by atoms with Crippen LogP contribution in [0.25, 0.3) is 0 Å². The first-order valence-electron chi connectivity index (χ1n) is 6.20. The van der Waals surface area contributed by atoms with E-state index in [0.29, 0.717) is 34.3 Å². The van der Waals surface area contributed by atoms with Crippen molar-refractivity contribution in [2.24, 2.45) is 0 Å². The van der Waals surface area contributed by atoms with Crippen LogP contribution in [0.1, 0.15) is 17.3 Å². The van der Waals surface area contributed by atoms with Crippen molar-refractivity contribution in [3.05, 3.63) is 53.1 Å². The molecular formula is C15H15ClN2O2. The van der Waals surface area contributed by atoms with E-state index in [-0.39, 0.29) is 5.91 Å². The molecule has 0 atom stereocenters. The number of carbonyl (C=O) groups excluding carboxylic acids is 1. The number of nitrogens with one attached hydrogen (secondary N) is 1. The van der Waals surface area contributed by atoms with E-state index in [1.165, 1.54) is 0 Å². The standard InChI is InChI=1S/C15H15ClN2O2/c1-2-20-14-6-4-3-5-13(14)18-15(19)11-8-7-10(17)9-12(11)16/h3-9H,2,17H2,1H3,(H,18,19). The highest BCUT2D eigenvalue weighted by molar-refractivity contribution is 6.34. The summed E-state index contributed by atoms with van der Waals surface area (Å²) in [4.78, 5) is 12.2. The minimum Gasteiger partial charge on any atom is -0.492 e. The van der Waals surface area contributed by atoms with Gasteiger partial charge in [0, 0.05) is 5.69 Å². The van der Waals surface area contributed by atoms with E-state index >= 15 is 0 Å². The number of carbonyl (C=O) groups is 1. The first-order valence-corrected chi connectivity index (χ1v) is 6.58. The molecule has 0 aliphatic rings. The van der Waals surface area contributed by atoms with Crippen molar-refractivity contribution in [2.45, 2.75) is 6.92 Å². The molecule has 2 aromatic rings. The Hall–Kier alpha value is -2.20. The smallest absolute Gasteiger partial charge is 0.257 e. The fourth-order valence-corrected chi connectivity index (χ4v) is 2.03. The Labute approximate surface area is 122 Å². The van der Waals surface area contributed by atoms with Crippen LogP contribution in [0, 0.1) is 0 Å². The van der Waals surface area contributed by atoms with Gasteiger partial charge in [-0.2, -0.15) is 0 Å². The van der Waals surface area contributed by atoms with Crippen LogP contribution >= 0.6 is 11.6 Å². The zero-order valence-electron chi connectivity index (χ0n) is 11.0. The number of nitrogens with two attached hydrogens (primary N) is 1. The van der Waals surface area contributed by atoms with Gasteiger partial charge < -0.3 is 15.8 Å². The Morgan fingerprint density at radius 1 is 1.30 bits per heavy atom. The molecule has 4 nitrogen and oxygen atoms in total. The third kappa shape index (κ3) is 3.22. The van der Waals surface area contributed by atoms with Gasteiger partial charge >= 0.3 is 0 Å². The molecule has 0 aliphatic carbocycles. The SMILES string of the molecule is CCOc1ccccc1NC(=O)c1ccc(N)cc1Cl. The summed E-state index contributed by atoms with van der Waals surface area (Å²) in [5, 5.41) is 3.10. The zero-order valence-corrected chi connectivity index (χ0v) is 11.8. The molecule has 104 valence electrons. The van der Waals surface area contributed by atoms with Crippen molar-refractivity contribution >= 4 is 28.9 Å². The van der Waals surface area contributed by atoms with E-state index in [2.05, 4.69) is 5.32 Å². The number of rotatable bonds is 4. The van der Waals surface area contributed by atoms with E-state index in [9.17, 15) is 4.79 Å². The highest BCUT2D eigenvalue weighted by Gasteiger charge is 2.12. The summed E-state index contributed by atoms with van der Waals surface area (Å²) in [5.74, 6) is 0.317. The Morgan fingerprint density at radius 3 is 2.75 bits per heavy atom. The molecule has 0 aromatic heterocycles. The summed E-state index contributed by atoms with van der Waals surface area (Å²) < 4.78 is 5.46. The molecule has 0 heterocycles. The molecule has 0 saturated carbocycles. The molecule has 0 fully saturated rings. The third-order valence-electron chi connectivity index (χ3n) is 2.67. The number of para-hydroxylation sites is 2. The van der Waals surface area contributed by atoms with Gasteiger partial charge in [-0.3, -0.25) is 4.79 Å². The first kappa shape index (κ1) is 14.2. The molecule has 3 N–H and O–H groups in total. The zero-order chi connectivity index (χ0) is 14.5. The average Bonchev–Trinajstić information content (AvgIpc) is 2.41. The maximum atomic E-state index is 12.2. The summed E-state index contributed by atoms with van der Waals surface area (Å²) in [7, 11) is 0. The van der Waals surface area contributed by atoms with Gasteiger partial charge in [0.15, 0.2) is 0 Å². The Bertz CT molecular complexity index is 629. The Kier molecular flexibility index (Phi) is 4.48. The van der Waals surface area contributed by atoms with Crippen LogP contribution in [0.4, 0.5) is 11.4 Å². The number of halogens is 1. The highest BCUT2D eigenvalue weighted by Crippen LogP contribution is 2.26. The molecule has 2 rings (SSSR count). The molecular weight excluding hydrogens is 276 g/mol. The van der Waals surface area contributed by atoms with Crippen molar-refractivity contribution < 1.29 is 9.53 Å². The van der Waals surface area contributed by atoms with Crippen molar-refractivity contribution in [2.75, 3.05) is 17.7 Å². The molecule has 20 heavy (non-hydrogen) atoms. The second-order valence-electron chi connectivity index (χ2n) is 4.12. The monoisotopic (exact) mass is 290 g/mol. The van der Waals surface area contributed by atoms with Crippen molar-refractivity contribution in [1.29, 1.82) is 0 Å². The molecule has 1 amide bonds. The highest BCUT2D eigenvalue weighted by atomic mass is 35.5. The van der Waals surface area contributed by atoms with Crippen molar-refractivity contribution in [1.82, 2.24) is 0 Å². The number of ether oxygens (including phenoxy) is 1. The van der Waals surface area contributed by atoms with Crippen LogP contribution in [-0.2, 0) is 0 Å². The quantitative estimate of drug-likeness (QED) is 0.846. The molecule has 0 spiro atoms. The fourth-order valence-electron chi connectivity index (χ4n) is 1.76. The second-order valence-corrected chi connectivity index (χ2v) is 4.53. The molecule has 0 saturated heterocycles. The summed E-state index contributed by atoms with van der Waals surface area (Å²) in [6, 6.07) is 12.0. The van der Waals surface area contributed by atoms with Gasteiger partial charge in [0.2, 0.25) is 0 Å². The number of hydrogen-bond acceptors (Lipinski definition) is 3. The lowest BCUT2D eigenvalue weighted by Gasteiger charge is -2.12.